The molecule has 1 atom stereocenters. The molecule has 1 aliphatic rings. The summed E-state index contributed by atoms with van der Waals surface area (Å²) in [6.45, 7) is 3.13. The lowest BCUT2D eigenvalue weighted by atomic mass is 10.1. The summed E-state index contributed by atoms with van der Waals surface area (Å²) < 4.78 is 0. The highest BCUT2D eigenvalue weighted by Crippen LogP contribution is 2.13. The van der Waals surface area contributed by atoms with Crippen molar-refractivity contribution in [2.45, 2.75) is 38.6 Å². The highest BCUT2D eigenvalue weighted by Gasteiger charge is 2.15. The van der Waals surface area contributed by atoms with Crippen LogP contribution in [0.1, 0.15) is 31.2 Å². The third kappa shape index (κ3) is 4.67. The van der Waals surface area contributed by atoms with E-state index in [9.17, 15) is 4.79 Å². The van der Waals surface area contributed by atoms with Crippen LogP contribution in [-0.4, -0.2) is 18.5 Å². The molecule has 1 aliphatic heterocycles. The molecular formula is C14H21ClN2O. The molecule has 1 saturated heterocycles. The molecule has 1 amide bonds. The Morgan fingerprint density at radius 1 is 1.50 bits per heavy atom. The lowest BCUT2D eigenvalue weighted by Crippen LogP contribution is -2.23. The second-order valence-electron chi connectivity index (χ2n) is 4.75. The van der Waals surface area contributed by atoms with E-state index in [4.69, 9.17) is 0 Å². The van der Waals surface area contributed by atoms with Gasteiger partial charge in [0.1, 0.15) is 0 Å². The van der Waals surface area contributed by atoms with E-state index < -0.39 is 0 Å². The fourth-order valence-electron chi connectivity index (χ4n) is 2.25. The van der Waals surface area contributed by atoms with E-state index in [-0.39, 0.29) is 18.3 Å². The lowest BCUT2D eigenvalue weighted by molar-refractivity contribution is -0.116. The average Bonchev–Trinajstić information content (AvgIpc) is 2.79. The zero-order valence-corrected chi connectivity index (χ0v) is 11.6. The third-order valence-electron chi connectivity index (χ3n) is 3.18. The fraction of sp³-hybridized carbons (Fsp3) is 0.500. The van der Waals surface area contributed by atoms with Gasteiger partial charge in [0, 0.05) is 18.2 Å². The number of aryl methyl sites for hydroxylation is 1. The second-order valence-corrected chi connectivity index (χ2v) is 4.75. The summed E-state index contributed by atoms with van der Waals surface area (Å²) >= 11 is 0. The lowest BCUT2D eigenvalue weighted by Gasteiger charge is -2.10. The van der Waals surface area contributed by atoms with Crippen LogP contribution < -0.4 is 10.6 Å². The molecule has 1 aromatic carbocycles. The maximum Gasteiger partial charge on any atom is 0.224 e. The van der Waals surface area contributed by atoms with Crippen molar-refractivity contribution in [1.29, 1.82) is 0 Å². The zero-order valence-electron chi connectivity index (χ0n) is 10.7. The van der Waals surface area contributed by atoms with Gasteiger partial charge in [-0.3, -0.25) is 4.79 Å². The van der Waals surface area contributed by atoms with E-state index in [0.29, 0.717) is 12.5 Å². The molecule has 1 aromatic rings. The molecule has 1 unspecified atom stereocenters. The molecule has 0 saturated carbocycles. The molecule has 4 heteroatoms. The maximum atomic E-state index is 11.7. The quantitative estimate of drug-likeness (QED) is 0.882. The molecule has 0 spiro atoms. The number of hydrogen-bond acceptors (Lipinski definition) is 2. The normalized spacial score (nSPS) is 18.2. The number of amides is 1. The highest BCUT2D eigenvalue weighted by molar-refractivity contribution is 5.90. The first-order chi connectivity index (χ1) is 8.24. The molecule has 1 fully saturated rings. The van der Waals surface area contributed by atoms with Gasteiger partial charge in [0.2, 0.25) is 5.91 Å². The van der Waals surface area contributed by atoms with Gasteiger partial charge in [-0.15, -0.1) is 12.4 Å². The van der Waals surface area contributed by atoms with Crippen LogP contribution in [0.4, 0.5) is 5.69 Å². The summed E-state index contributed by atoms with van der Waals surface area (Å²) in [6, 6.07) is 8.45. The number of rotatable bonds is 4. The van der Waals surface area contributed by atoms with Crippen molar-refractivity contribution in [3.8, 4) is 0 Å². The van der Waals surface area contributed by atoms with Gasteiger partial charge in [-0.05, 0) is 50.4 Å². The SMILES string of the molecule is Cc1cccc(NC(=O)CCC2CCCN2)c1.Cl. The Bertz CT molecular complexity index is 389. The van der Waals surface area contributed by atoms with Crippen LogP contribution in [0.3, 0.4) is 0 Å². The van der Waals surface area contributed by atoms with Crippen molar-refractivity contribution >= 4 is 24.0 Å². The van der Waals surface area contributed by atoms with Crippen LogP contribution in [-0.2, 0) is 4.79 Å². The van der Waals surface area contributed by atoms with E-state index in [1.165, 1.54) is 18.4 Å². The molecular weight excluding hydrogens is 248 g/mol. The van der Waals surface area contributed by atoms with Crippen molar-refractivity contribution in [3.63, 3.8) is 0 Å². The number of carbonyl (C=O) groups is 1. The summed E-state index contributed by atoms with van der Waals surface area (Å²) in [5, 5.41) is 6.34. The van der Waals surface area contributed by atoms with E-state index in [0.717, 1.165) is 18.7 Å². The highest BCUT2D eigenvalue weighted by atomic mass is 35.5. The molecule has 2 rings (SSSR count). The molecule has 2 N–H and O–H groups in total. The minimum atomic E-state index is 0. The Labute approximate surface area is 115 Å². The molecule has 0 bridgehead atoms. The first-order valence-electron chi connectivity index (χ1n) is 6.34. The summed E-state index contributed by atoms with van der Waals surface area (Å²) in [4.78, 5) is 11.7. The van der Waals surface area contributed by atoms with Crippen molar-refractivity contribution in [2.24, 2.45) is 0 Å². The van der Waals surface area contributed by atoms with Crippen LogP contribution in [0.5, 0.6) is 0 Å². The number of nitrogens with one attached hydrogen (secondary N) is 2. The smallest absolute Gasteiger partial charge is 0.224 e. The predicted octanol–water partition coefficient (Wildman–Crippen LogP) is 2.89. The largest absolute Gasteiger partial charge is 0.326 e. The molecule has 0 aromatic heterocycles. The van der Waals surface area contributed by atoms with Gasteiger partial charge >= 0.3 is 0 Å². The van der Waals surface area contributed by atoms with Gasteiger partial charge in [-0.1, -0.05) is 12.1 Å². The Balaban J connectivity index is 0.00000162. The zero-order chi connectivity index (χ0) is 12.1. The van der Waals surface area contributed by atoms with Gasteiger partial charge in [0.05, 0.1) is 0 Å². The number of benzene rings is 1. The van der Waals surface area contributed by atoms with E-state index >= 15 is 0 Å². The van der Waals surface area contributed by atoms with Crippen molar-refractivity contribution < 1.29 is 4.79 Å². The Hall–Kier alpha value is -1.06. The summed E-state index contributed by atoms with van der Waals surface area (Å²) in [5.41, 5.74) is 2.06. The van der Waals surface area contributed by atoms with Crippen LogP contribution in [0.15, 0.2) is 24.3 Å². The van der Waals surface area contributed by atoms with E-state index in [1.807, 2.05) is 31.2 Å². The third-order valence-corrected chi connectivity index (χ3v) is 3.18. The monoisotopic (exact) mass is 268 g/mol. The van der Waals surface area contributed by atoms with Gasteiger partial charge < -0.3 is 10.6 Å². The van der Waals surface area contributed by atoms with Crippen LogP contribution in [0.2, 0.25) is 0 Å². The molecule has 3 nitrogen and oxygen atoms in total. The van der Waals surface area contributed by atoms with Crippen LogP contribution in [0.25, 0.3) is 0 Å². The van der Waals surface area contributed by atoms with Gasteiger partial charge in [0.15, 0.2) is 0 Å². The fourth-order valence-corrected chi connectivity index (χ4v) is 2.25. The van der Waals surface area contributed by atoms with Gasteiger partial charge in [0.25, 0.3) is 0 Å². The summed E-state index contributed by atoms with van der Waals surface area (Å²) in [7, 11) is 0. The molecule has 1 heterocycles. The topological polar surface area (TPSA) is 41.1 Å². The minimum absolute atomic E-state index is 0. The van der Waals surface area contributed by atoms with Gasteiger partial charge in [-0.25, -0.2) is 0 Å². The number of halogens is 1. The molecule has 18 heavy (non-hydrogen) atoms. The van der Waals surface area contributed by atoms with E-state index in [2.05, 4.69) is 10.6 Å². The maximum absolute atomic E-state index is 11.7. The van der Waals surface area contributed by atoms with Crippen molar-refractivity contribution in [3.05, 3.63) is 29.8 Å². The first kappa shape index (κ1) is 15.0. The van der Waals surface area contributed by atoms with Gasteiger partial charge in [-0.2, -0.15) is 0 Å². The summed E-state index contributed by atoms with van der Waals surface area (Å²) in [5.74, 6) is 0.115. The van der Waals surface area contributed by atoms with Crippen LogP contribution >= 0.6 is 12.4 Å². The number of anilines is 1. The Kier molecular flexibility index (Phi) is 6.16. The van der Waals surface area contributed by atoms with E-state index in [1.54, 1.807) is 0 Å². The Morgan fingerprint density at radius 2 is 2.33 bits per heavy atom. The number of carbonyl (C=O) groups excluding carboxylic acids is 1. The Morgan fingerprint density at radius 3 is 3.00 bits per heavy atom. The summed E-state index contributed by atoms with van der Waals surface area (Å²) in [6.07, 6.45) is 3.99. The average molecular weight is 269 g/mol. The second kappa shape index (κ2) is 7.39. The predicted molar refractivity (Wildman–Crippen MR) is 77.3 cm³/mol. The molecule has 100 valence electrons. The first-order valence-corrected chi connectivity index (χ1v) is 6.34. The molecule has 0 radical (unpaired) electrons. The number of hydrogen-bond donors (Lipinski definition) is 2. The standard InChI is InChI=1S/C14H20N2O.ClH/c1-11-4-2-5-13(10-11)16-14(17)8-7-12-6-3-9-15-12;/h2,4-5,10,12,15H,3,6-9H2,1H3,(H,16,17);1H. The van der Waals surface area contributed by atoms with Crippen molar-refractivity contribution in [2.75, 3.05) is 11.9 Å². The molecule has 0 aliphatic carbocycles. The van der Waals surface area contributed by atoms with Crippen molar-refractivity contribution in [1.82, 2.24) is 5.32 Å². The minimum Gasteiger partial charge on any atom is -0.326 e. The van der Waals surface area contributed by atoms with Crippen LogP contribution in [0, 0.1) is 6.92 Å².